The second-order valence-electron chi connectivity index (χ2n) is 3.14. The number of pyridine rings is 1. The van der Waals surface area contributed by atoms with Gasteiger partial charge in [0.25, 0.3) is 0 Å². The van der Waals surface area contributed by atoms with Crippen LogP contribution in [0.25, 0.3) is 0 Å². The van der Waals surface area contributed by atoms with Gasteiger partial charge in [-0.1, -0.05) is 0 Å². The maximum absolute atomic E-state index is 11.0. The topological polar surface area (TPSA) is 58.2 Å². The number of Topliss-reactive ketones (excluding diaryl/α,β-unsaturated/α-hetero) is 1. The predicted molar refractivity (Wildman–Crippen MR) is 49.0 cm³/mol. The Morgan fingerprint density at radius 3 is 2.64 bits per heavy atom. The maximum Gasteiger partial charge on any atom is 0.314 e. The molecular formula is C10H12NO3+. The molecule has 14 heavy (non-hydrogen) atoms. The molecular weight excluding hydrogens is 182 g/mol. The highest BCUT2D eigenvalue weighted by Crippen LogP contribution is 2.01. The molecule has 0 aromatic carbocycles. The molecule has 0 aliphatic heterocycles. The Morgan fingerprint density at radius 2 is 2.14 bits per heavy atom. The first kappa shape index (κ1) is 10.4. The zero-order chi connectivity index (χ0) is 10.7. The summed E-state index contributed by atoms with van der Waals surface area (Å²) in [5.74, 6) is -0.960. The van der Waals surface area contributed by atoms with Gasteiger partial charge >= 0.3 is 5.97 Å². The van der Waals surface area contributed by atoms with E-state index in [0.717, 1.165) is 0 Å². The van der Waals surface area contributed by atoms with E-state index in [1.165, 1.54) is 6.92 Å². The normalized spacial score (nSPS) is 9.86. The number of nitrogens with zero attached hydrogens (tertiary/aromatic N) is 1. The van der Waals surface area contributed by atoms with Crippen LogP contribution in [0.15, 0.2) is 18.3 Å². The first-order valence-electron chi connectivity index (χ1n) is 4.22. The quantitative estimate of drug-likeness (QED) is 0.557. The molecule has 0 aliphatic rings. The fraction of sp³-hybridized carbons (Fsp3) is 0.300. The van der Waals surface area contributed by atoms with E-state index >= 15 is 0 Å². The molecule has 0 saturated heterocycles. The lowest BCUT2D eigenvalue weighted by molar-refractivity contribution is -0.678. The van der Waals surface area contributed by atoms with Crippen LogP contribution in [-0.2, 0) is 18.3 Å². The average Bonchev–Trinajstić information content (AvgIpc) is 2.07. The number of hydrogen-bond donors (Lipinski definition) is 1. The minimum absolute atomic E-state index is 0.0581. The third-order valence-corrected chi connectivity index (χ3v) is 1.99. The molecule has 1 aromatic heterocycles. The Morgan fingerprint density at radius 1 is 1.50 bits per heavy atom. The summed E-state index contributed by atoms with van der Waals surface area (Å²) < 4.78 is 1.69. The van der Waals surface area contributed by atoms with E-state index in [1.807, 2.05) is 0 Å². The lowest BCUT2D eigenvalue weighted by Crippen LogP contribution is -2.34. The Labute approximate surface area is 81.8 Å². The lowest BCUT2D eigenvalue weighted by atomic mass is 10.1. The van der Waals surface area contributed by atoms with Gasteiger partial charge in [0.1, 0.15) is 13.5 Å². The average molecular weight is 194 g/mol. The highest BCUT2D eigenvalue weighted by molar-refractivity contribution is 5.94. The van der Waals surface area contributed by atoms with Crippen molar-refractivity contribution in [2.75, 3.05) is 0 Å². The van der Waals surface area contributed by atoms with Gasteiger partial charge in [-0.25, -0.2) is 4.57 Å². The molecule has 0 amide bonds. The Hall–Kier alpha value is -1.71. The monoisotopic (exact) mass is 194 g/mol. The van der Waals surface area contributed by atoms with Crippen LogP contribution in [-0.4, -0.2) is 16.9 Å². The van der Waals surface area contributed by atoms with Gasteiger partial charge in [-0.15, -0.1) is 0 Å². The maximum atomic E-state index is 11.0. The summed E-state index contributed by atoms with van der Waals surface area (Å²) in [6.45, 7) is 1.46. The number of carbonyl (C=O) groups excluding carboxylic acids is 1. The van der Waals surface area contributed by atoms with E-state index in [1.54, 1.807) is 29.9 Å². The molecule has 0 aliphatic carbocycles. The van der Waals surface area contributed by atoms with Crippen molar-refractivity contribution in [2.45, 2.75) is 13.3 Å². The minimum atomic E-state index is -0.902. The third kappa shape index (κ3) is 2.39. The molecule has 74 valence electrons. The highest BCUT2D eigenvalue weighted by atomic mass is 16.4. The molecule has 4 nitrogen and oxygen atoms in total. The van der Waals surface area contributed by atoms with Gasteiger partial charge in [0, 0.05) is 17.7 Å². The van der Waals surface area contributed by atoms with E-state index in [2.05, 4.69) is 0 Å². The smallest absolute Gasteiger partial charge is 0.314 e. The van der Waals surface area contributed by atoms with Crippen LogP contribution >= 0.6 is 0 Å². The molecule has 1 aromatic rings. The lowest BCUT2D eigenvalue weighted by Gasteiger charge is -1.98. The number of aliphatic carboxylic acids is 1. The number of rotatable bonds is 3. The second-order valence-corrected chi connectivity index (χ2v) is 3.14. The van der Waals surface area contributed by atoms with Crippen LogP contribution < -0.4 is 4.57 Å². The molecule has 0 atom stereocenters. The van der Waals surface area contributed by atoms with Crippen molar-refractivity contribution in [3.63, 3.8) is 0 Å². The molecule has 0 radical (unpaired) electrons. The van der Waals surface area contributed by atoms with E-state index < -0.39 is 5.97 Å². The molecule has 0 spiro atoms. The molecule has 0 saturated carbocycles. The molecule has 1 heterocycles. The van der Waals surface area contributed by atoms with Gasteiger partial charge in [-0.05, 0) is 6.92 Å². The summed E-state index contributed by atoms with van der Waals surface area (Å²) in [6.07, 6.45) is 1.62. The molecule has 1 rings (SSSR count). The van der Waals surface area contributed by atoms with Crippen LogP contribution in [0.1, 0.15) is 23.0 Å². The number of hydrogen-bond acceptors (Lipinski definition) is 2. The number of aromatic nitrogens is 1. The van der Waals surface area contributed by atoms with E-state index in [0.29, 0.717) is 11.3 Å². The first-order valence-corrected chi connectivity index (χ1v) is 4.22. The fourth-order valence-electron chi connectivity index (χ4n) is 1.17. The highest BCUT2D eigenvalue weighted by Gasteiger charge is 2.13. The summed E-state index contributed by atoms with van der Waals surface area (Å²) in [4.78, 5) is 21.5. The van der Waals surface area contributed by atoms with Gasteiger partial charge in [-0.3, -0.25) is 9.59 Å². The van der Waals surface area contributed by atoms with Gasteiger partial charge in [0.2, 0.25) is 0 Å². The molecule has 0 unspecified atom stereocenters. The van der Waals surface area contributed by atoms with Crippen molar-refractivity contribution in [3.05, 3.63) is 29.6 Å². The summed E-state index contributed by atoms with van der Waals surface area (Å²) in [5.41, 5.74) is 1.16. The fourth-order valence-corrected chi connectivity index (χ4v) is 1.17. The van der Waals surface area contributed by atoms with Gasteiger partial charge in [0.05, 0.1) is 0 Å². The molecule has 1 N–H and O–H groups in total. The summed E-state index contributed by atoms with van der Waals surface area (Å²) >= 11 is 0. The van der Waals surface area contributed by atoms with Crippen molar-refractivity contribution in [3.8, 4) is 0 Å². The number of carbonyl (C=O) groups is 2. The molecule has 0 bridgehead atoms. The van der Waals surface area contributed by atoms with E-state index in [9.17, 15) is 9.59 Å². The third-order valence-electron chi connectivity index (χ3n) is 1.99. The van der Waals surface area contributed by atoms with Gasteiger partial charge < -0.3 is 5.11 Å². The number of carboxylic acids is 1. The molecule has 4 heteroatoms. The number of aryl methyl sites for hydroxylation is 1. The van der Waals surface area contributed by atoms with Crippen LogP contribution in [0.2, 0.25) is 0 Å². The van der Waals surface area contributed by atoms with Gasteiger partial charge in [0.15, 0.2) is 17.7 Å². The summed E-state index contributed by atoms with van der Waals surface area (Å²) in [6, 6.07) is 3.28. The Kier molecular flexibility index (Phi) is 2.96. The summed E-state index contributed by atoms with van der Waals surface area (Å²) in [5, 5.41) is 8.62. The predicted octanol–water partition coefficient (Wildman–Crippen LogP) is 0.341. The van der Waals surface area contributed by atoms with Crippen molar-refractivity contribution in [2.24, 2.45) is 7.05 Å². The van der Waals surface area contributed by atoms with Gasteiger partial charge in [-0.2, -0.15) is 0 Å². The standard InChI is InChI=1S/C10H11NO3/c1-7(12)8-3-4-11(2)9(5-8)6-10(13)14/h3-5H,6H2,1-2H3/p+1. The van der Waals surface area contributed by atoms with Crippen LogP contribution in [0.3, 0.4) is 0 Å². The number of ketones is 1. The Balaban J connectivity index is 3.08. The van der Waals surface area contributed by atoms with Crippen molar-refractivity contribution in [1.82, 2.24) is 0 Å². The van der Waals surface area contributed by atoms with Crippen molar-refractivity contribution in [1.29, 1.82) is 0 Å². The van der Waals surface area contributed by atoms with Crippen LogP contribution in [0.4, 0.5) is 0 Å². The number of carboxylic acid groups (broad SMARTS) is 1. The largest absolute Gasteiger partial charge is 0.481 e. The summed E-state index contributed by atoms with van der Waals surface area (Å²) in [7, 11) is 1.75. The van der Waals surface area contributed by atoms with E-state index in [4.69, 9.17) is 5.11 Å². The van der Waals surface area contributed by atoms with Crippen molar-refractivity contribution >= 4 is 11.8 Å². The van der Waals surface area contributed by atoms with Crippen molar-refractivity contribution < 1.29 is 19.3 Å². The second kappa shape index (κ2) is 4.00. The van der Waals surface area contributed by atoms with E-state index in [-0.39, 0.29) is 12.2 Å². The minimum Gasteiger partial charge on any atom is -0.481 e. The van der Waals surface area contributed by atoms with Crippen LogP contribution in [0.5, 0.6) is 0 Å². The molecule has 0 fully saturated rings. The first-order chi connectivity index (χ1) is 6.50. The zero-order valence-corrected chi connectivity index (χ0v) is 8.15. The van der Waals surface area contributed by atoms with Crippen LogP contribution in [0, 0.1) is 0 Å². The zero-order valence-electron chi connectivity index (χ0n) is 8.15. The SMILES string of the molecule is CC(=O)c1cc[n+](C)c(CC(=O)O)c1. The Bertz CT molecular complexity index is 385.